The third-order valence-electron chi connectivity index (χ3n) is 4.18. The Morgan fingerprint density at radius 1 is 0.840 bits per heavy atom. The molecule has 0 saturated heterocycles. The molecule has 0 radical (unpaired) electrons. The molecular weight excluding hydrogens is 324 g/mol. The van der Waals surface area contributed by atoms with Crippen LogP contribution in [0.4, 0.5) is 5.69 Å². The predicted molar refractivity (Wildman–Crippen MR) is 110 cm³/mol. The fourth-order valence-electron chi connectivity index (χ4n) is 2.96. The Hall–Kier alpha value is -2.65. The maximum atomic E-state index is 5.56. The molecule has 0 aliphatic heterocycles. The van der Waals surface area contributed by atoms with Gasteiger partial charge in [0.15, 0.2) is 5.11 Å². The van der Waals surface area contributed by atoms with Gasteiger partial charge < -0.3 is 10.6 Å². The van der Waals surface area contributed by atoms with Crippen molar-refractivity contribution in [3.63, 3.8) is 0 Å². The van der Waals surface area contributed by atoms with E-state index in [1.165, 1.54) is 22.3 Å². The second kappa shape index (κ2) is 7.95. The van der Waals surface area contributed by atoms with Gasteiger partial charge in [0.05, 0.1) is 6.04 Å². The summed E-state index contributed by atoms with van der Waals surface area (Å²) in [5.74, 6) is 0. The predicted octanol–water partition coefficient (Wildman–Crippen LogP) is 5.38. The molecule has 0 aromatic heterocycles. The molecule has 2 N–H and O–H groups in total. The molecule has 3 heteroatoms. The molecule has 0 amide bonds. The summed E-state index contributed by atoms with van der Waals surface area (Å²) in [6.07, 6.45) is 0. The van der Waals surface area contributed by atoms with Crippen LogP contribution in [-0.2, 0) is 0 Å². The van der Waals surface area contributed by atoms with E-state index in [0.717, 1.165) is 5.69 Å². The Balaban J connectivity index is 1.88. The maximum absolute atomic E-state index is 5.56. The molecule has 0 spiro atoms. The minimum Gasteiger partial charge on any atom is -0.352 e. The van der Waals surface area contributed by atoms with Gasteiger partial charge in [-0.1, -0.05) is 72.3 Å². The molecule has 0 aliphatic rings. The van der Waals surface area contributed by atoms with Crippen LogP contribution in [0.1, 0.15) is 28.3 Å². The van der Waals surface area contributed by atoms with Gasteiger partial charge in [0, 0.05) is 5.69 Å². The topological polar surface area (TPSA) is 24.1 Å². The van der Waals surface area contributed by atoms with Crippen LogP contribution < -0.4 is 10.6 Å². The molecule has 2 nitrogen and oxygen atoms in total. The van der Waals surface area contributed by atoms with E-state index in [0.29, 0.717) is 5.11 Å². The van der Waals surface area contributed by atoms with E-state index >= 15 is 0 Å². The van der Waals surface area contributed by atoms with Crippen molar-refractivity contribution in [3.05, 3.63) is 101 Å². The van der Waals surface area contributed by atoms with Gasteiger partial charge in [-0.2, -0.15) is 0 Å². The standard InChI is InChI=1S/C22H22N2S/c1-16-13-14-20(17(2)15-16)21(18-9-5-3-6-10-18)24-22(25)23-19-11-7-4-8-12-19/h3-15,21H,1-2H3,(H2,23,24,25)/t21-/m0/s1. The lowest BCUT2D eigenvalue weighted by molar-refractivity contribution is 0.762. The SMILES string of the molecule is Cc1ccc([C@@H](NC(=S)Nc2ccccc2)c2ccccc2)c(C)c1. The lowest BCUT2D eigenvalue weighted by Crippen LogP contribution is -2.33. The highest BCUT2D eigenvalue weighted by Gasteiger charge is 2.17. The van der Waals surface area contributed by atoms with Crippen molar-refractivity contribution >= 4 is 23.0 Å². The quantitative estimate of drug-likeness (QED) is 0.620. The summed E-state index contributed by atoms with van der Waals surface area (Å²) in [7, 11) is 0. The van der Waals surface area contributed by atoms with Gasteiger partial charge in [0.2, 0.25) is 0 Å². The number of benzene rings is 3. The van der Waals surface area contributed by atoms with Crippen molar-refractivity contribution in [1.82, 2.24) is 5.32 Å². The molecule has 3 aromatic rings. The van der Waals surface area contributed by atoms with Crippen molar-refractivity contribution < 1.29 is 0 Å². The Labute approximate surface area is 154 Å². The van der Waals surface area contributed by atoms with E-state index in [9.17, 15) is 0 Å². The molecule has 1 atom stereocenters. The van der Waals surface area contributed by atoms with Crippen LogP contribution >= 0.6 is 12.2 Å². The largest absolute Gasteiger partial charge is 0.352 e. The van der Waals surface area contributed by atoms with E-state index in [1.807, 2.05) is 36.4 Å². The van der Waals surface area contributed by atoms with Gasteiger partial charge in [0.25, 0.3) is 0 Å². The summed E-state index contributed by atoms with van der Waals surface area (Å²) in [4.78, 5) is 0. The zero-order valence-electron chi connectivity index (χ0n) is 14.5. The van der Waals surface area contributed by atoms with E-state index in [2.05, 4.69) is 66.9 Å². The number of hydrogen-bond acceptors (Lipinski definition) is 1. The summed E-state index contributed by atoms with van der Waals surface area (Å²) in [6, 6.07) is 26.9. The molecular formula is C22H22N2S. The molecule has 0 bridgehead atoms. The average molecular weight is 346 g/mol. The van der Waals surface area contributed by atoms with Gasteiger partial charge in [-0.05, 0) is 54.9 Å². The number of hydrogen-bond donors (Lipinski definition) is 2. The molecule has 0 aliphatic carbocycles. The highest BCUT2D eigenvalue weighted by molar-refractivity contribution is 7.80. The normalized spacial score (nSPS) is 11.6. The number of aryl methyl sites for hydroxylation is 2. The minimum atomic E-state index is 0.00510. The van der Waals surface area contributed by atoms with E-state index in [-0.39, 0.29) is 6.04 Å². The minimum absolute atomic E-state index is 0.00510. The fraction of sp³-hybridized carbons (Fsp3) is 0.136. The molecule has 0 fully saturated rings. The van der Waals surface area contributed by atoms with Crippen LogP contribution in [0.15, 0.2) is 78.9 Å². The lowest BCUT2D eigenvalue weighted by Gasteiger charge is -2.24. The monoisotopic (exact) mass is 346 g/mol. The number of anilines is 1. The van der Waals surface area contributed by atoms with Crippen molar-refractivity contribution in [1.29, 1.82) is 0 Å². The summed E-state index contributed by atoms with van der Waals surface area (Å²) >= 11 is 5.56. The van der Waals surface area contributed by atoms with Crippen LogP contribution in [0.3, 0.4) is 0 Å². The van der Waals surface area contributed by atoms with Crippen LogP contribution in [0.2, 0.25) is 0 Å². The lowest BCUT2D eigenvalue weighted by atomic mass is 9.94. The van der Waals surface area contributed by atoms with Crippen molar-refractivity contribution in [2.75, 3.05) is 5.32 Å². The van der Waals surface area contributed by atoms with Crippen molar-refractivity contribution in [3.8, 4) is 0 Å². The Morgan fingerprint density at radius 2 is 1.48 bits per heavy atom. The van der Waals surface area contributed by atoms with Gasteiger partial charge >= 0.3 is 0 Å². The smallest absolute Gasteiger partial charge is 0.171 e. The fourth-order valence-corrected chi connectivity index (χ4v) is 3.19. The molecule has 126 valence electrons. The first-order valence-corrected chi connectivity index (χ1v) is 8.79. The number of thiocarbonyl (C=S) groups is 1. The summed E-state index contributed by atoms with van der Waals surface area (Å²) < 4.78 is 0. The van der Waals surface area contributed by atoms with Crippen LogP contribution in [0, 0.1) is 13.8 Å². The third-order valence-corrected chi connectivity index (χ3v) is 4.40. The Morgan fingerprint density at radius 3 is 2.12 bits per heavy atom. The van der Waals surface area contributed by atoms with Gasteiger partial charge in [-0.15, -0.1) is 0 Å². The Bertz CT molecular complexity index is 844. The van der Waals surface area contributed by atoms with Gasteiger partial charge in [-0.25, -0.2) is 0 Å². The second-order valence-corrected chi connectivity index (χ2v) is 6.58. The first kappa shape index (κ1) is 17.2. The van der Waals surface area contributed by atoms with E-state index < -0.39 is 0 Å². The first-order valence-electron chi connectivity index (χ1n) is 8.38. The van der Waals surface area contributed by atoms with Crippen molar-refractivity contribution in [2.45, 2.75) is 19.9 Å². The number of para-hydroxylation sites is 1. The summed E-state index contributed by atoms with van der Waals surface area (Å²) in [6.45, 7) is 4.26. The van der Waals surface area contributed by atoms with Crippen molar-refractivity contribution in [2.24, 2.45) is 0 Å². The maximum Gasteiger partial charge on any atom is 0.171 e. The van der Waals surface area contributed by atoms with Crippen LogP contribution in [0.5, 0.6) is 0 Å². The van der Waals surface area contributed by atoms with Gasteiger partial charge in [0.1, 0.15) is 0 Å². The third kappa shape index (κ3) is 4.46. The molecule has 25 heavy (non-hydrogen) atoms. The molecule has 0 saturated carbocycles. The van der Waals surface area contributed by atoms with Crippen LogP contribution in [-0.4, -0.2) is 5.11 Å². The first-order chi connectivity index (χ1) is 12.1. The number of nitrogens with one attached hydrogen (secondary N) is 2. The number of rotatable bonds is 4. The van der Waals surface area contributed by atoms with Gasteiger partial charge in [-0.3, -0.25) is 0 Å². The molecule has 0 unspecified atom stereocenters. The molecule has 3 rings (SSSR count). The highest BCUT2D eigenvalue weighted by atomic mass is 32.1. The average Bonchev–Trinajstić information content (AvgIpc) is 2.62. The second-order valence-electron chi connectivity index (χ2n) is 6.17. The molecule has 3 aromatic carbocycles. The van der Waals surface area contributed by atoms with Crippen LogP contribution in [0.25, 0.3) is 0 Å². The van der Waals surface area contributed by atoms with E-state index in [4.69, 9.17) is 12.2 Å². The Kier molecular flexibility index (Phi) is 5.46. The van der Waals surface area contributed by atoms with E-state index in [1.54, 1.807) is 0 Å². The highest BCUT2D eigenvalue weighted by Crippen LogP contribution is 2.26. The summed E-state index contributed by atoms with van der Waals surface area (Å²) in [5.41, 5.74) is 5.91. The molecule has 0 heterocycles. The zero-order chi connectivity index (χ0) is 17.6. The zero-order valence-corrected chi connectivity index (χ0v) is 15.3. The summed E-state index contributed by atoms with van der Waals surface area (Å²) in [5, 5.41) is 7.35.